The molecule has 0 aromatic carbocycles. The van der Waals surface area contributed by atoms with Crippen molar-refractivity contribution >= 4 is 6.41 Å². The molecule has 0 unspecified atom stereocenters. The van der Waals surface area contributed by atoms with E-state index in [1.54, 1.807) is 6.92 Å². The summed E-state index contributed by atoms with van der Waals surface area (Å²) >= 11 is 0. The van der Waals surface area contributed by atoms with Gasteiger partial charge < -0.3 is 14.8 Å². The minimum absolute atomic E-state index is 0.521. The van der Waals surface area contributed by atoms with Crippen molar-refractivity contribution < 1.29 is 14.3 Å². The molecule has 4 heteroatoms. The Kier molecular flexibility index (Phi) is 3.19. The number of rotatable bonds is 4. The van der Waals surface area contributed by atoms with Crippen molar-refractivity contribution in [2.45, 2.75) is 12.8 Å². The summed E-state index contributed by atoms with van der Waals surface area (Å²) in [4.78, 5) is 9.87. The molecular weight excluding hydrogens is 122 g/mol. The van der Waals surface area contributed by atoms with Crippen molar-refractivity contribution in [3.63, 3.8) is 0 Å². The zero-order valence-electron chi connectivity index (χ0n) is 5.80. The number of ether oxygens (including phenoxy) is 2. The summed E-state index contributed by atoms with van der Waals surface area (Å²) in [5, 5.41) is 2.33. The topological polar surface area (TPSA) is 47.6 Å². The average molecular weight is 133 g/mol. The Morgan fingerprint density at radius 3 is 2.00 bits per heavy atom. The molecule has 0 spiro atoms. The third-order valence-electron chi connectivity index (χ3n) is 1.10. The molecule has 0 aromatic heterocycles. The first-order valence-corrected chi connectivity index (χ1v) is 2.50. The molecule has 9 heavy (non-hydrogen) atoms. The van der Waals surface area contributed by atoms with Gasteiger partial charge in [-0.2, -0.15) is 0 Å². The summed E-state index contributed by atoms with van der Waals surface area (Å²) in [5.74, 6) is -0.984. The summed E-state index contributed by atoms with van der Waals surface area (Å²) in [5.41, 5.74) is 0. The first-order valence-electron chi connectivity index (χ1n) is 2.50. The van der Waals surface area contributed by atoms with E-state index in [-0.39, 0.29) is 0 Å². The maximum atomic E-state index is 9.87. The second kappa shape index (κ2) is 3.42. The number of amides is 1. The third kappa shape index (κ3) is 2.43. The zero-order valence-corrected chi connectivity index (χ0v) is 5.80. The summed E-state index contributed by atoms with van der Waals surface area (Å²) in [6.07, 6.45) is 0.521. The van der Waals surface area contributed by atoms with E-state index in [9.17, 15) is 4.79 Å². The number of nitrogens with one attached hydrogen (secondary N) is 1. The smallest absolute Gasteiger partial charge is 0.247 e. The number of methoxy groups -OCH3 is 2. The second-order valence-electron chi connectivity index (χ2n) is 1.62. The van der Waals surface area contributed by atoms with E-state index in [1.165, 1.54) is 14.2 Å². The highest BCUT2D eigenvalue weighted by atomic mass is 16.7. The van der Waals surface area contributed by atoms with Crippen molar-refractivity contribution in [2.24, 2.45) is 0 Å². The highest BCUT2D eigenvalue weighted by Crippen LogP contribution is 2.01. The molecule has 0 atom stereocenters. The molecule has 0 aromatic rings. The van der Waals surface area contributed by atoms with E-state index in [1.807, 2.05) is 0 Å². The van der Waals surface area contributed by atoms with Crippen LogP contribution in [-0.2, 0) is 14.3 Å². The van der Waals surface area contributed by atoms with Crippen LogP contribution in [0.15, 0.2) is 0 Å². The van der Waals surface area contributed by atoms with Gasteiger partial charge >= 0.3 is 0 Å². The van der Waals surface area contributed by atoms with Crippen LogP contribution in [0.3, 0.4) is 0 Å². The minimum Gasteiger partial charge on any atom is -0.336 e. The van der Waals surface area contributed by atoms with Crippen LogP contribution >= 0.6 is 0 Å². The summed E-state index contributed by atoms with van der Waals surface area (Å²) < 4.78 is 9.53. The quantitative estimate of drug-likeness (QED) is 0.423. The van der Waals surface area contributed by atoms with E-state index in [0.717, 1.165) is 0 Å². The molecule has 4 nitrogen and oxygen atoms in total. The van der Waals surface area contributed by atoms with E-state index >= 15 is 0 Å². The van der Waals surface area contributed by atoms with E-state index in [4.69, 9.17) is 9.47 Å². The molecule has 1 amide bonds. The van der Waals surface area contributed by atoms with E-state index in [0.29, 0.717) is 6.41 Å². The maximum absolute atomic E-state index is 9.87. The lowest BCUT2D eigenvalue weighted by atomic mass is 10.5. The van der Waals surface area contributed by atoms with Crippen LogP contribution in [0.4, 0.5) is 0 Å². The molecule has 0 aliphatic rings. The van der Waals surface area contributed by atoms with Crippen molar-refractivity contribution in [2.75, 3.05) is 14.2 Å². The molecule has 0 aliphatic heterocycles. The maximum Gasteiger partial charge on any atom is 0.247 e. The Morgan fingerprint density at radius 2 is 1.89 bits per heavy atom. The molecule has 0 saturated heterocycles. The molecule has 0 saturated carbocycles. The van der Waals surface area contributed by atoms with Gasteiger partial charge in [0.1, 0.15) is 0 Å². The molecule has 0 bridgehead atoms. The van der Waals surface area contributed by atoms with Gasteiger partial charge in [0, 0.05) is 21.1 Å². The van der Waals surface area contributed by atoms with E-state index < -0.39 is 5.91 Å². The lowest BCUT2D eigenvalue weighted by Gasteiger charge is -2.24. The first kappa shape index (κ1) is 8.39. The predicted molar refractivity (Wildman–Crippen MR) is 31.6 cm³/mol. The van der Waals surface area contributed by atoms with Crippen LogP contribution < -0.4 is 5.32 Å². The Balaban J connectivity index is 3.75. The molecule has 0 radical (unpaired) electrons. The summed E-state index contributed by atoms with van der Waals surface area (Å²) in [6.45, 7) is 1.60. The third-order valence-corrected chi connectivity index (χ3v) is 1.10. The average Bonchev–Trinajstić information content (AvgIpc) is 1.89. The highest BCUT2D eigenvalue weighted by Gasteiger charge is 2.19. The van der Waals surface area contributed by atoms with Crippen LogP contribution in [0.5, 0.6) is 0 Å². The second-order valence-corrected chi connectivity index (χ2v) is 1.62. The van der Waals surface area contributed by atoms with Crippen LogP contribution in [0.25, 0.3) is 0 Å². The van der Waals surface area contributed by atoms with Crippen molar-refractivity contribution in [3.05, 3.63) is 0 Å². The Morgan fingerprint density at radius 1 is 1.44 bits per heavy atom. The standard InChI is InChI=1S/C5H11NO3/c1-5(8-2,9-3)6-4-7/h4H,1-3H3,(H,6,7). The molecule has 54 valence electrons. The van der Waals surface area contributed by atoms with Gasteiger partial charge in [0.05, 0.1) is 0 Å². The lowest BCUT2D eigenvalue weighted by molar-refractivity contribution is -0.211. The van der Waals surface area contributed by atoms with Gasteiger partial charge in [-0.15, -0.1) is 0 Å². The number of hydrogen-bond donors (Lipinski definition) is 1. The van der Waals surface area contributed by atoms with Gasteiger partial charge in [-0.1, -0.05) is 0 Å². The van der Waals surface area contributed by atoms with Crippen molar-refractivity contribution in [3.8, 4) is 0 Å². The fourth-order valence-electron chi connectivity index (χ4n) is 0.308. The van der Waals surface area contributed by atoms with Gasteiger partial charge in [0.25, 0.3) is 0 Å². The highest BCUT2D eigenvalue weighted by molar-refractivity contribution is 5.46. The van der Waals surface area contributed by atoms with Gasteiger partial charge in [0.2, 0.25) is 12.3 Å². The monoisotopic (exact) mass is 133 g/mol. The fraction of sp³-hybridized carbons (Fsp3) is 0.800. The van der Waals surface area contributed by atoms with Gasteiger partial charge in [-0.25, -0.2) is 0 Å². The molecule has 0 aliphatic carbocycles. The number of hydrogen-bond acceptors (Lipinski definition) is 3. The zero-order chi connectivity index (χ0) is 7.33. The largest absolute Gasteiger partial charge is 0.336 e. The number of carbonyl (C=O) groups is 1. The first-order chi connectivity index (χ1) is 4.18. The SMILES string of the molecule is COC(C)(NC=O)OC. The Labute approximate surface area is 54.1 Å². The van der Waals surface area contributed by atoms with Crippen LogP contribution in [0.2, 0.25) is 0 Å². The minimum atomic E-state index is -0.984. The summed E-state index contributed by atoms with van der Waals surface area (Å²) in [7, 11) is 2.89. The predicted octanol–water partition coefficient (Wildman–Crippen LogP) is -0.301. The van der Waals surface area contributed by atoms with Gasteiger partial charge in [-0.3, -0.25) is 4.79 Å². The molecular formula is C5H11NO3. The Bertz CT molecular complexity index is 90.2. The Hall–Kier alpha value is -0.610. The molecule has 0 heterocycles. The van der Waals surface area contributed by atoms with Crippen molar-refractivity contribution in [1.29, 1.82) is 0 Å². The van der Waals surface area contributed by atoms with Crippen molar-refractivity contribution in [1.82, 2.24) is 5.32 Å². The normalized spacial score (nSPS) is 11.0. The van der Waals surface area contributed by atoms with Crippen LogP contribution in [0, 0.1) is 0 Å². The summed E-state index contributed by atoms with van der Waals surface area (Å²) in [6, 6.07) is 0. The van der Waals surface area contributed by atoms with Crippen LogP contribution in [0.1, 0.15) is 6.92 Å². The molecule has 0 rings (SSSR count). The molecule has 0 fully saturated rings. The lowest BCUT2D eigenvalue weighted by Crippen LogP contribution is -2.44. The molecule has 1 N–H and O–H groups in total. The van der Waals surface area contributed by atoms with Gasteiger partial charge in [0.15, 0.2) is 0 Å². The van der Waals surface area contributed by atoms with Gasteiger partial charge in [-0.05, 0) is 0 Å². The fourth-order valence-corrected chi connectivity index (χ4v) is 0.308. The van der Waals surface area contributed by atoms with E-state index in [2.05, 4.69) is 5.32 Å². The number of carbonyl (C=O) groups excluding carboxylic acids is 1. The van der Waals surface area contributed by atoms with Crippen LogP contribution in [-0.4, -0.2) is 26.5 Å².